The van der Waals surface area contributed by atoms with E-state index in [0.717, 1.165) is 37.4 Å². The fraction of sp³-hybridized carbons (Fsp3) is 0.500. The molecule has 0 bridgehead atoms. The number of pyridine rings is 1. The van der Waals surface area contributed by atoms with Crippen molar-refractivity contribution in [3.8, 4) is 0 Å². The van der Waals surface area contributed by atoms with Gasteiger partial charge in [-0.15, -0.1) is 0 Å². The second-order valence-corrected chi connectivity index (χ2v) is 5.48. The maximum absolute atomic E-state index is 5.57. The van der Waals surface area contributed by atoms with Crippen LogP contribution in [0.1, 0.15) is 26.7 Å². The summed E-state index contributed by atoms with van der Waals surface area (Å²) in [7, 11) is 0. The van der Waals surface area contributed by atoms with E-state index in [9.17, 15) is 0 Å². The van der Waals surface area contributed by atoms with Gasteiger partial charge in [-0.3, -0.25) is 4.40 Å². The molecule has 0 saturated carbocycles. The van der Waals surface area contributed by atoms with Gasteiger partial charge in [0.1, 0.15) is 11.5 Å². The summed E-state index contributed by atoms with van der Waals surface area (Å²) in [6.45, 7) is 6.23. The van der Waals surface area contributed by atoms with Gasteiger partial charge in [-0.25, -0.2) is 4.98 Å². The van der Waals surface area contributed by atoms with Crippen molar-refractivity contribution in [2.24, 2.45) is 11.1 Å². The molecule has 0 aliphatic carbocycles. The molecule has 0 aliphatic rings. The van der Waals surface area contributed by atoms with Crippen LogP contribution < -0.4 is 11.1 Å². The smallest absolute Gasteiger partial charge is 0.138 e. The number of imidazole rings is 1. The van der Waals surface area contributed by atoms with Gasteiger partial charge in [-0.1, -0.05) is 19.9 Å². The zero-order chi connectivity index (χ0) is 13.0. The lowest BCUT2D eigenvalue weighted by atomic mass is 9.88. The van der Waals surface area contributed by atoms with Gasteiger partial charge in [0.15, 0.2) is 0 Å². The maximum Gasteiger partial charge on any atom is 0.138 e. The number of nitrogens with one attached hydrogen (secondary N) is 1. The van der Waals surface area contributed by atoms with Crippen LogP contribution in [-0.2, 0) is 0 Å². The molecule has 18 heavy (non-hydrogen) atoms. The Morgan fingerprint density at radius 1 is 1.39 bits per heavy atom. The summed E-state index contributed by atoms with van der Waals surface area (Å²) in [6, 6.07) is 6.11. The van der Waals surface area contributed by atoms with Crippen molar-refractivity contribution in [2.75, 3.05) is 18.4 Å². The molecule has 4 nitrogen and oxygen atoms in total. The first-order chi connectivity index (χ1) is 8.62. The van der Waals surface area contributed by atoms with Crippen LogP contribution >= 0.6 is 0 Å². The molecule has 0 saturated heterocycles. The Morgan fingerprint density at radius 3 is 3.00 bits per heavy atom. The van der Waals surface area contributed by atoms with Gasteiger partial charge in [0.05, 0.1) is 0 Å². The standard InChI is InChI=1S/C14H22N4/c1-14(2,7-4-8-15)11-17-13-6-3-5-12-16-9-10-18(12)13/h3,5-6,9-10,17H,4,7-8,11,15H2,1-2H3. The van der Waals surface area contributed by atoms with E-state index in [4.69, 9.17) is 5.73 Å². The molecule has 2 heterocycles. The van der Waals surface area contributed by atoms with Gasteiger partial charge in [-0.05, 0) is 36.9 Å². The van der Waals surface area contributed by atoms with Crippen LogP contribution in [0.2, 0.25) is 0 Å². The molecule has 0 fully saturated rings. The number of aromatic nitrogens is 2. The molecule has 2 aromatic rings. The first-order valence-corrected chi connectivity index (χ1v) is 6.48. The van der Waals surface area contributed by atoms with Crippen molar-refractivity contribution in [3.05, 3.63) is 30.6 Å². The van der Waals surface area contributed by atoms with E-state index in [1.165, 1.54) is 0 Å². The van der Waals surface area contributed by atoms with Crippen LogP contribution in [0.15, 0.2) is 30.6 Å². The van der Waals surface area contributed by atoms with E-state index < -0.39 is 0 Å². The number of hydrogen-bond donors (Lipinski definition) is 2. The van der Waals surface area contributed by atoms with E-state index >= 15 is 0 Å². The third-order valence-corrected chi connectivity index (χ3v) is 3.23. The second-order valence-electron chi connectivity index (χ2n) is 5.48. The minimum atomic E-state index is 0.252. The number of anilines is 1. The second kappa shape index (κ2) is 5.40. The van der Waals surface area contributed by atoms with Crippen LogP contribution in [0, 0.1) is 5.41 Å². The molecular weight excluding hydrogens is 224 g/mol. The quantitative estimate of drug-likeness (QED) is 0.823. The lowest BCUT2D eigenvalue weighted by Crippen LogP contribution is -2.24. The Kier molecular flexibility index (Phi) is 3.87. The lowest BCUT2D eigenvalue weighted by molar-refractivity contribution is 0.350. The zero-order valence-corrected chi connectivity index (χ0v) is 11.2. The Balaban J connectivity index is 2.03. The summed E-state index contributed by atoms with van der Waals surface area (Å²) in [6.07, 6.45) is 6.00. The highest BCUT2D eigenvalue weighted by atomic mass is 15.1. The topological polar surface area (TPSA) is 55.3 Å². The van der Waals surface area contributed by atoms with Crippen molar-refractivity contribution in [1.29, 1.82) is 0 Å². The van der Waals surface area contributed by atoms with Gasteiger partial charge < -0.3 is 11.1 Å². The predicted octanol–water partition coefficient (Wildman–Crippen LogP) is 2.51. The maximum atomic E-state index is 5.57. The Bertz CT molecular complexity index is 501. The van der Waals surface area contributed by atoms with Crippen LogP contribution in [-0.4, -0.2) is 22.5 Å². The fourth-order valence-electron chi connectivity index (χ4n) is 2.09. The van der Waals surface area contributed by atoms with E-state index in [-0.39, 0.29) is 5.41 Å². The van der Waals surface area contributed by atoms with Gasteiger partial charge >= 0.3 is 0 Å². The molecule has 2 rings (SSSR count). The molecule has 4 heteroatoms. The molecular formula is C14H22N4. The molecule has 98 valence electrons. The first kappa shape index (κ1) is 12.9. The van der Waals surface area contributed by atoms with E-state index in [1.54, 1.807) is 0 Å². The Hall–Kier alpha value is -1.55. The van der Waals surface area contributed by atoms with Crippen molar-refractivity contribution in [2.45, 2.75) is 26.7 Å². The zero-order valence-electron chi connectivity index (χ0n) is 11.2. The van der Waals surface area contributed by atoms with Gasteiger partial charge in [0.2, 0.25) is 0 Å². The summed E-state index contributed by atoms with van der Waals surface area (Å²) < 4.78 is 2.07. The third-order valence-electron chi connectivity index (χ3n) is 3.23. The molecule has 0 aromatic carbocycles. The minimum Gasteiger partial charge on any atom is -0.371 e. The largest absolute Gasteiger partial charge is 0.371 e. The summed E-state index contributed by atoms with van der Waals surface area (Å²) in [5, 5.41) is 3.51. The van der Waals surface area contributed by atoms with Crippen molar-refractivity contribution < 1.29 is 0 Å². The molecule has 2 aromatic heterocycles. The average Bonchev–Trinajstić information content (AvgIpc) is 2.82. The molecule has 0 radical (unpaired) electrons. The normalized spacial score (nSPS) is 11.9. The number of nitrogens with two attached hydrogens (primary N) is 1. The van der Waals surface area contributed by atoms with E-state index in [0.29, 0.717) is 0 Å². The summed E-state index contributed by atoms with van der Waals surface area (Å²) >= 11 is 0. The third kappa shape index (κ3) is 3.01. The summed E-state index contributed by atoms with van der Waals surface area (Å²) in [5.74, 6) is 1.09. The summed E-state index contributed by atoms with van der Waals surface area (Å²) in [5.41, 5.74) is 6.79. The number of hydrogen-bond acceptors (Lipinski definition) is 3. The van der Waals surface area contributed by atoms with E-state index in [2.05, 4.69) is 34.6 Å². The SMILES string of the molecule is CC(C)(CCCN)CNc1cccc2nccn12. The van der Waals surface area contributed by atoms with Crippen molar-refractivity contribution >= 4 is 11.5 Å². The monoisotopic (exact) mass is 246 g/mol. The lowest BCUT2D eigenvalue weighted by Gasteiger charge is -2.25. The predicted molar refractivity (Wildman–Crippen MR) is 75.8 cm³/mol. The number of rotatable bonds is 6. The van der Waals surface area contributed by atoms with Gasteiger partial charge in [-0.2, -0.15) is 0 Å². The van der Waals surface area contributed by atoms with Crippen LogP contribution in [0.25, 0.3) is 5.65 Å². The van der Waals surface area contributed by atoms with E-state index in [1.807, 2.05) is 24.5 Å². The van der Waals surface area contributed by atoms with Crippen LogP contribution in [0.4, 0.5) is 5.82 Å². The number of nitrogens with zero attached hydrogens (tertiary/aromatic N) is 2. The van der Waals surface area contributed by atoms with Crippen LogP contribution in [0.3, 0.4) is 0 Å². The Morgan fingerprint density at radius 2 is 2.22 bits per heavy atom. The Labute approximate surface area is 108 Å². The molecule has 3 N–H and O–H groups in total. The first-order valence-electron chi connectivity index (χ1n) is 6.48. The molecule has 0 atom stereocenters. The minimum absolute atomic E-state index is 0.252. The highest BCUT2D eigenvalue weighted by molar-refractivity contribution is 5.49. The summed E-state index contributed by atoms with van der Waals surface area (Å²) in [4.78, 5) is 4.28. The van der Waals surface area contributed by atoms with Gasteiger partial charge in [0, 0.05) is 18.9 Å². The van der Waals surface area contributed by atoms with Gasteiger partial charge in [0.25, 0.3) is 0 Å². The highest BCUT2D eigenvalue weighted by Gasteiger charge is 2.17. The molecule has 0 amide bonds. The van der Waals surface area contributed by atoms with Crippen molar-refractivity contribution in [3.63, 3.8) is 0 Å². The highest BCUT2D eigenvalue weighted by Crippen LogP contribution is 2.23. The number of fused-ring (bicyclic) bond motifs is 1. The molecule has 0 unspecified atom stereocenters. The molecule has 0 spiro atoms. The fourth-order valence-corrected chi connectivity index (χ4v) is 2.09. The van der Waals surface area contributed by atoms with Crippen LogP contribution in [0.5, 0.6) is 0 Å². The van der Waals surface area contributed by atoms with Crippen molar-refractivity contribution in [1.82, 2.24) is 9.38 Å². The molecule has 0 aliphatic heterocycles. The average molecular weight is 246 g/mol.